The maximum Gasteiger partial charge on any atom is 0.0472 e. The topological polar surface area (TPSA) is 27.7 Å². The first-order valence-electron chi connectivity index (χ1n) is 8.82. The zero-order chi connectivity index (χ0) is 15.1. The minimum absolute atomic E-state index is 0.443. The van der Waals surface area contributed by atoms with Crippen molar-refractivity contribution >= 4 is 0 Å². The molecular formula is C17H35N3O. The highest BCUT2D eigenvalue weighted by Gasteiger charge is 2.35. The molecular weight excluding hydrogens is 262 g/mol. The molecule has 2 rings (SSSR count). The van der Waals surface area contributed by atoms with Crippen molar-refractivity contribution in [3.63, 3.8) is 0 Å². The molecule has 0 radical (unpaired) electrons. The van der Waals surface area contributed by atoms with E-state index in [1.165, 1.54) is 51.7 Å². The predicted octanol–water partition coefficient (Wildman–Crippen LogP) is 1.81. The Morgan fingerprint density at radius 2 is 1.86 bits per heavy atom. The largest absolute Gasteiger partial charge is 0.381 e. The molecule has 1 N–H and O–H groups in total. The molecule has 0 amide bonds. The maximum absolute atomic E-state index is 5.62. The van der Waals surface area contributed by atoms with Crippen LogP contribution in [0, 0.1) is 5.41 Å². The number of ether oxygens (including phenoxy) is 1. The smallest absolute Gasteiger partial charge is 0.0472 e. The van der Waals surface area contributed by atoms with E-state index in [-0.39, 0.29) is 0 Å². The quantitative estimate of drug-likeness (QED) is 0.725. The van der Waals surface area contributed by atoms with E-state index in [4.69, 9.17) is 4.74 Å². The van der Waals surface area contributed by atoms with Crippen molar-refractivity contribution < 1.29 is 4.74 Å². The lowest BCUT2D eigenvalue weighted by Gasteiger charge is -2.44. The molecule has 4 nitrogen and oxygen atoms in total. The number of nitrogens with zero attached hydrogens (tertiary/aromatic N) is 2. The van der Waals surface area contributed by atoms with Gasteiger partial charge in [-0.3, -0.25) is 0 Å². The minimum atomic E-state index is 0.443. The van der Waals surface area contributed by atoms with E-state index in [0.717, 1.165) is 32.3 Å². The standard InChI is InChI=1S/C17H35N3O/c1-4-9-18-14-17(7-12-21-13-8-17)15-20-10-5-16(6-11-20)19(2)3/h16,18H,4-15H2,1-3H3. The lowest BCUT2D eigenvalue weighted by Crippen LogP contribution is -2.50. The summed E-state index contributed by atoms with van der Waals surface area (Å²) in [7, 11) is 4.43. The predicted molar refractivity (Wildman–Crippen MR) is 88.8 cm³/mol. The molecule has 0 spiro atoms. The van der Waals surface area contributed by atoms with Crippen LogP contribution in [0.3, 0.4) is 0 Å². The monoisotopic (exact) mass is 297 g/mol. The molecule has 2 heterocycles. The molecule has 0 bridgehead atoms. The maximum atomic E-state index is 5.62. The van der Waals surface area contributed by atoms with Gasteiger partial charge >= 0.3 is 0 Å². The first-order chi connectivity index (χ1) is 10.2. The normalized spacial score (nSPS) is 24.6. The fourth-order valence-corrected chi connectivity index (χ4v) is 3.79. The molecule has 21 heavy (non-hydrogen) atoms. The first-order valence-corrected chi connectivity index (χ1v) is 8.82. The average molecular weight is 297 g/mol. The Bertz CT molecular complexity index is 282. The van der Waals surface area contributed by atoms with Gasteiger partial charge < -0.3 is 19.9 Å². The fourth-order valence-electron chi connectivity index (χ4n) is 3.79. The second-order valence-electron chi connectivity index (χ2n) is 7.26. The number of likely N-dealkylation sites (tertiary alicyclic amines) is 1. The molecule has 0 aromatic heterocycles. The molecule has 0 saturated carbocycles. The van der Waals surface area contributed by atoms with Gasteiger partial charge in [-0.25, -0.2) is 0 Å². The Morgan fingerprint density at radius 1 is 1.19 bits per heavy atom. The third kappa shape index (κ3) is 5.20. The van der Waals surface area contributed by atoms with Crippen LogP contribution in [0.1, 0.15) is 39.0 Å². The van der Waals surface area contributed by atoms with Crippen LogP contribution in [0.5, 0.6) is 0 Å². The van der Waals surface area contributed by atoms with E-state index >= 15 is 0 Å². The molecule has 0 atom stereocenters. The van der Waals surface area contributed by atoms with Crippen LogP contribution in [0.15, 0.2) is 0 Å². The lowest BCUT2D eigenvalue weighted by atomic mass is 9.79. The summed E-state index contributed by atoms with van der Waals surface area (Å²) < 4.78 is 5.62. The van der Waals surface area contributed by atoms with E-state index in [0.29, 0.717) is 5.41 Å². The van der Waals surface area contributed by atoms with Crippen LogP contribution in [-0.4, -0.2) is 75.9 Å². The van der Waals surface area contributed by atoms with Crippen molar-refractivity contribution in [2.24, 2.45) is 5.41 Å². The van der Waals surface area contributed by atoms with Gasteiger partial charge in [-0.05, 0) is 71.2 Å². The molecule has 2 aliphatic heterocycles. The first kappa shape index (κ1) is 17.2. The Kier molecular flexibility index (Phi) is 6.93. The number of hydrogen-bond acceptors (Lipinski definition) is 4. The van der Waals surface area contributed by atoms with Gasteiger partial charge in [-0.15, -0.1) is 0 Å². The third-order valence-electron chi connectivity index (χ3n) is 5.33. The number of nitrogens with one attached hydrogen (secondary N) is 1. The van der Waals surface area contributed by atoms with Crippen LogP contribution >= 0.6 is 0 Å². The Labute approximate surface area is 131 Å². The lowest BCUT2D eigenvalue weighted by molar-refractivity contribution is -0.0106. The van der Waals surface area contributed by atoms with Crippen LogP contribution in [0.2, 0.25) is 0 Å². The molecule has 0 unspecified atom stereocenters. The molecule has 124 valence electrons. The van der Waals surface area contributed by atoms with Crippen molar-refractivity contribution in [3.8, 4) is 0 Å². The van der Waals surface area contributed by atoms with Crippen molar-refractivity contribution in [2.75, 3.05) is 60.0 Å². The highest BCUT2D eigenvalue weighted by atomic mass is 16.5. The highest BCUT2D eigenvalue weighted by Crippen LogP contribution is 2.32. The molecule has 2 aliphatic rings. The van der Waals surface area contributed by atoms with Gasteiger partial charge in [-0.2, -0.15) is 0 Å². The fraction of sp³-hybridized carbons (Fsp3) is 1.00. The van der Waals surface area contributed by atoms with Crippen LogP contribution < -0.4 is 5.32 Å². The van der Waals surface area contributed by atoms with Gasteiger partial charge in [0.05, 0.1) is 0 Å². The van der Waals surface area contributed by atoms with Crippen molar-refractivity contribution in [2.45, 2.75) is 45.1 Å². The molecule has 2 saturated heterocycles. The summed E-state index contributed by atoms with van der Waals surface area (Å²) in [6.07, 6.45) is 6.30. The Hall–Kier alpha value is -0.160. The number of rotatable bonds is 7. The summed E-state index contributed by atoms with van der Waals surface area (Å²) in [6.45, 7) is 10.2. The van der Waals surface area contributed by atoms with Crippen LogP contribution in [0.4, 0.5) is 0 Å². The third-order valence-corrected chi connectivity index (χ3v) is 5.33. The summed E-state index contributed by atoms with van der Waals surface area (Å²) in [4.78, 5) is 5.10. The second kappa shape index (κ2) is 8.47. The summed E-state index contributed by atoms with van der Waals surface area (Å²) in [5, 5.41) is 3.67. The summed E-state index contributed by atoms with van der Waals surface area (Å²) in [5.74, 6) is 0. The van der Waals surface area contributed by atoms with Crippen LogP contribution in [0.25, 0.3) is 0 Å². The number of hydrogen-bond donors (Lipinski definition) is 1. The van der Waals surface area contributed by atoms with E-state index in [9.17, 15) is 0 Å². The van der Waals surface area contributed by atoms with Gasteiger partial charge in [-0.1, -0.05) is 6.92 Å². The highest BCUT2D eigenvalue weighted by molar-refractivity contribution is 4.89. The van der Waals surface area contributed by atoms with Gasteiger partial charge in [0, 0.05) is 32.3 Å². The van der Waals surface area contributed by atoms with Gasteiger partial charge in [0.15, 0.2) is 0 Å². The van der Waals surface area contributed by atoms with E-state index in [1.54, 1.807) is 0 Å². The van der Waals surface area contributed by atoms with Crippen molar-refractivity contribution in [1.82, 2.24) is 15.1 Å². The van der Waals surface area contributed by atoms with Crippen LogP contribution in [-0.2, 0) is 4.74 Å². The zero-order valence-corrected chi connectivity index (χ0v) is 14.4. The summed E-state index contributed by atoms with van der Waals surface area (Å²) >= 11 is 0. The summed E-state index contributed by atoms with van der Waals surface area (Å²) in [5.41, 5.74) is 0.443. The molecule has 0 aromatic carbocycles. The van der Waals surface area contributed by atoms with E-state index in [2.05, 4.69) is 36.1 Å². The van der Waals surface area contributed by atoms with Crippen molar-refractivity contribution in [3.05, 3.63) is 0 Å². The Morgan fingerprint density at radius 3 is 2.43 bits per heavy atom. The molecule has 4 heteroatoms. The number of piperidine rings is 1. The summed E-state index contributed by atoms with van der Waals surface area (Å²) in [6, 6.07) is 0.783. The minimum Gasteiger partial charge on any atom is -0.381 e. The van der Waals surface area contributed by atoms with Gasteiger partial charge in [0.2, 0.25) is 0 Å². The van der Waals surface area contributed by atoms with Crippen molar-refractivity contribution in [1.29, 1.82) is 0 Å². The molecule has 2 fully saturated rings. The van der Waals surface area contributed by atoms with E-state index in [1.807, 2.05) is 0 Å². The second-order valence-corrected chi connectivity index (χ2v) is 7.26. The zero-order valence-electron chi connectivity index (χ0n) is 14.4. The van der Waals surface area contributed by atoms with Gasteiger partial charge in [0.25, 0.3) is 0 Å². The SMILES string of the molecule is CCCNCC1(CN2CCC(N(C)C)CC2)CCOCC1. The molecule has 0 aliphatic carbocycles. The average Bonchev–Trinajstić information content (AvgIpc) is 2.49. The molecule has 0 aromatic rings. The Balaban J connectivity index is 1.84. The van der Waals surface area contributed by atoms with Gasteiger partial charge in [0.1, 0.15) is 0 Å². The van der Waals surface area contributed by atoms with E-state index < -0.39 is 0 Å².